The van der Waals surface area contributed by atoms with Crippen LogP contribution in [0.25, 0.3) is 0 Å². The number of benzene rings is 1. The lowest BCUT2D eigenvalue weighted by molar-refractivity contribution is -0.385. The normalized spacial score (nSPS) is 25.7. The molecule has 1 amide bonds. The molecule has 114 valence electrons. The number of nitrogens with zero attached hydrogens (tertiary/aromatic N) is 2. The minimum absolute atomic E-state index is 0.0238. The molecule has 1 aliphatic rings. The van der Waals surface area contributed by atoms with Crippen molar-refractivity contribution < 1.29 is 14.8 Å². The monoisotopic (exact) mass is 292 g/mol. The van der Waals surface area contributed by atoms with Crippen LogP contribution in [0.1, 0.15) is 37.6 Å². The largest absolute Gasteiger partial charge is 0.508 e. The second kappa shape index (κ2) is 5.71. The molecule has 1 aromatic rings. The topological polar surface area (TPSA) is 83.7 Å². The molecule has 0 spiro atoms. The smallest absolute Gasteiger partial charge is 0.282 e. The van der Waals surface area contributed by atoms with Gasteiger partial charge in [0.15, 0.2) is 0 Å². The molecular weight excluding hydrogens is 272 g/mol. The summed E-state index contributed by atoms with van der Waals surface area (Å²) < 4.78 is 0. The van der Waals surface area contributed by atoms with Gasteiger partial charge >= 0.3 is 0 Å². The van der Waals surface area contributed by atoms with Gasteiger partial charge in [0.25, 0.3) is 11.6 Å². The van der Waals surface area contributed by atoms with Gasteiger partial charge in [0.2, 0.25) is 0 Å². The number of likely N-dealkylation sites (tertiary alicyclic amines) is 1. The van der Waals surface area contributed by atoms with E-state index in [0.717, 1.165) is 6.42 Å². The van der Waals surface area contributed by atoms with Crippen molar-refractivity contribution in [3.05, 3.63) is 33.9 Å². The van der Waals surface area contributed by atoms with Crippen molar-refractivity contribution in [3.63, 3.8) is 0 Å². The van der Waals surface area contributed by atoms with Gasteiger partial charge in [-0.15, -0.1) is 0 Å². The van der Waals surface area contributed by atoms with E-state index < -0.39 is 4.92 Å². The average Bonchev–Trinajstić information content (AvgIpc) is 2.41. The maximum atomic E-state index is 12.7. The number of carbonyl (C=O) groups excluding carboxylic acids is 1. The van der Waals surface area contributed by atoms with E-state index in [0.29, 0.717) is 18.4 Å². The van der Waals surface area contributed by atoms with E-state index in [2.05, 4.69) is 13.8 Å². The van der Waals surface area contributed by atoms with Crippen molar-refractivity contribution in [2.75, 3.05) is 6.54 Å². The maximum Gasteiger partial charge on any atom is 0.282 e. The molecule has 1 saturated heterocycles. The minimum atomic E-state index is -0.589. The van der Waals surface area contributed by atoms with Crippen molar-refractivity contribution in [2.24, 2.45) is 11.8 Å². The summed E-state index contributed by atoms with van der Waals surface area (Å²) in [5, 5.41) is 20.6. The van der Waals surface area contributed by atoms with E-state index in [1.54, 1.807) is 4.90 Å². The van der Waals surface area contributed by atoms with E-state index in [-0.39, 0.29) is 28.9 Å². The minimum Gasteiger partial charge on any atom is -0.508 e. The lowest BCUT2D eigenvalue weighted by atomic mass is 9.85. The predicted octanol–water partition coefficient (Wildman–Crippen LogP) is 2.81. The van der Waals surface area contributed by atoms with E-state index in [1.165, 1.54) is 18.2 Å². The van der Waals surface area contributed by atoms with E-state index in [4.69, 9.17) is 0 Å². The molecule has 3 unspecified atom stereocenters. The molecule has 2 rings (SSSR count). The standard InChI is InChI=1S/C15H20N2O4/c1-9-6-10(2)11(3)16(8-9)15(19)13-7-12(18)4-5-14(13)17(20)21/h4-5,7,9-11,18H,6,8H2,1-3H3. The number of phenolic OH excluding ortho intramolecular Hbond substituents is 1. The van der Waals surface area contributed by atoms with Gasteiger partial charge in [0.1, 0.15) is 11.3 Å². The van der Waals surface area contributed by atoms with Crippen LogP contribution in [0.5, 0.6) is 5.75 Å². The summed E-state index contributed by atoms with van der Waals surface area (Å²) in [5.74, 6) is 0.170. The van der Waals surface area contributed by atoms with E-state index >= 15 is 0 Å². The van der Waals surface area contributed by atoms with Crippen molar-refractivity contribution in [1.82, 2.24) is 4.90 Å². The van der Waals surface area contributed by atoms with E-state index in [1.807, 2.05) is 6.92 Å². The molecule has 1 fully saturated rings. The van der Waals surface area contributed by atoms with Crippen LogP contribution in [0.4, 0.5) is 5.69 Å². The summed E-state index contributed by atoms with van der Waals surface area (Å²) >= 11 is 0. The number of nitro benzene ring substituents is 1. The molecule has 0 aromatic heterocycles. The molecule has 0 aliphatic carbocycles. The Morgan fingerprint density at radius 3 is 2.67 bits per heavy atom. The van der Waals surface area contributed by atoms with Crippen LogP contribution in [-0.4, -0.2) is 33.4 Å². The Morgan fingerprint density at radius 1 is 1.38 bits per heavy atom. The summed E-state index contributed by atoms with van der Waals surface area (Å²) in [6.07, 6.45) is 1.03. The highest BCUT2D eigenvalue weighted by Gasteiger charge is 2.34. The molecule has 1 aromatic carbocycles. The third kappa shape index (κ3) is 2.99. The fraction of sp³-hybridized carbons (Fsp3) is 0.533. The highest BCUT2D eigenvalue weighted by molar-refractivity contribution is 5.98. The summed E-state index contributed by atoms with van der Waals surface area (Å²) in [6, 6.07) is 3.59. The number of hydrogen-bond acceptors (Lipinski definition) is 4. The second-order valence-corrected chi connectivity index (χ2v) is 5.97. The van der Waals surface area contributed by atoms with Crippen LogP contribution in [0.15, 0.2) is 18.2 Å². The average molecular weight is 292 g/mol. The van der Waals surface area contributed by atoms with Crippen LogP contribution in [0.2, 0.25) is 0 Å². The first kappa shape index (κ1) is 15.3. The van der Waals surface area contributed by atoms with Gasteiger partial charge in [-0.3, -0.25) is 14.9 Å². The van der Waals surface area contributed by atoms with E-state index in [9.17, 15) is 20.0 Å². The zero-order chi connectivity index (χ0) is 15.7. The van der Waals surface area contributed by atoms with Crippen molar-refractivity contribution in [1.29, 1.82) is 0 Å². The summed E-state index contributed by atoms with van der Waals surface area (Å²) in [4.78, 5) is 24.9. The Bertz CT molecular complexity index is 573. The molecule has 3 atom stereocenters. The van der Waals surface area contributed by atoms with Gasteiger partial charge in [-0.05, 0) is 37.3 Å². The molecule has 0 radical (unpaired) electrons. The number of hydrogen-bond donors (Lipinski definition) is 1. The Morgan fingerprint density at radius 2 is 2.05 bits per heavy atom. The summed E-state index contributed by atoms with van der Waals surface area (Å²) in [7, 11) is 0. The Kier molecular flexibility index (Phi) is 4.16. The molecule has 6 nitrogen and oxygen atoms in total. The van der Waals surface area contributed by atoms with Crippen molar-refractivity contribution in [2.45, 2.75) is 33.2 Å². The number of carbonyl (C=O) groups is 1. The van der Waals surface area contributed by atoms with Gasteiger partial charge < -0.3 is 10.0 Å². The molecule has 0 bridgehead atoms. The number of nitro groups is 1. The number of piperidine rings is 1. The van der Waals surface area contributed by atoms with Crippen LogP contribution in [0.3, 0.4) is 0 Å². The Labute approximate surface area is 123 Å². The fourth-order valence-corrected chi connectivity index (χ4v) is 2.99. The number of aromatic hydroxyl groups is 1. The highest BCUT2D eigenvalue weighted by Crippen LogP contribution is 2.31. The summed E-state index contributed by atoms with van der Waals surface area (Å²) in [5.41, 5.74) is -0.316. The number of rotatable bonds is 2. The molecule has 1 aliphatic heterocycles. The summed E-state index contributed by atoms with van der Waals surface area (Å²) in [6.45, 7) is 6.69. The van der Waals surface area contributed by atoms with Crippen LogP contribution < -0.4 is 0 Å². The van der Waals surface area contributed by atoms with Crippen LogP contribution in [-0.2, 0) is 0 Å². The van der Waals surface area contributed by atoms with Gasteiger partial charge in [0.05, 0.1) is 4.92 Å². The molecule has 1 heterocycles. The third-order valence-corrected chi connectivity index (χ3v) is 4.27. The van der Waals surface area contributed by atoms with Crippen molar-refractivity contribution >= 4 is 11.6 Å². The molecular formula is C15H20N2O4. The fourth-order valence-electron chi connectivity index (χ4n) is 2.99. The molecule has 1 N–H and O–H groups in total. The third-order valence-electron chi connectivity index (χ3n) is 4.27. The lowest BCUT2D eigenvalue weighted by Crippen LogP contribution is -2.48. The number of phenols is 1. The predicted molar refractivity (Wildman–Crippen MR) is 78.2 cm³/mol. The van der Waals surface area contributed by atoms with Gasteiger partial charge in [-0.25, -0.2) is 0 Å². The van der Waals surface area contributed by atoms with Gasteiger partial charge in [-0.1, -0.05) is 13.8 Å². The Balaban J connectivity index is 2.39. The van der Waals surface area contributed by atoms with Crippen LogP contribution in [0, 0.1) is 22.0 Å². The zero-order valence-electron chi connectivity index (χ0n) is 12.4. The quantitative estimate of drug-likeness (QED) is 0.671. The second-order valence-electron chi connectivity index (χ2n) is 5.97. The Hall–Kier alpha value is -2.11. The first-order valence-electron chi connectivity index (χ1n) is 7.09. The maximum absolute atomic E-state index is 12.7. The molecule has 0 saturated carbocycles. The van der Waals surface area contributed by atoms with Crippen molar-refractivity contribution in [3.8, 4) is 5.75 Å². The van der Waals surface area contributed by atoms with Gasteiger partial charge in [0, 0.05) is 18.7 Å². The SMILES string of the molecule is CC1CC(C)C(C)N(C(=O)c2cc(O)ccc2[N+](=O)[O-])C1. The number of amides is 1. The highest BCUT2D eigenvalue weighted by atomic mass is 16.6. The molecule has 21 heavy (non-hydrogen) atoms. The first-order chi connectivity index (χ1) is 9.81. The first-order valence-corrected chi connectivity index (χ1v) is 7.09. The lowest BCUT2D eigenvalue weighted by Gasteiger charge is -2.41. The van der Waals surface area contributed by atoms with Crippen LogP contribution >= 0.6 is 0 Å². The zero-order valence-corrected chi connectivity index (χ0v) is 12.4. The molecule has 6 heteroatoms. The van der Waals surface area contributed by atoms with Gasteiger partial charge in [-0.2, -0.15) is 0 Å².